The van der Waals surface area contributed by atoms with Gasteiger partial charge in [-0.1, -0.05) is 6.07 Å². The first-order chi connectivity index (χ1) is 11.6. The second kappa shape index (κ2) is 6.78. The summed E-state index contributed by atoms with van der Waals surface area (Å²) in [6, 6.07) is 13.4. The molecular weight excluding hydrogens is 306 g/mol. The van der Waals surface area contributed by atoms with Gasteiger partial charge in [0.25, 0.3) is 5.91 Å². The molecule has 0 aliphatic heterocycles. The van der Waals surface area contributed by atoms with Gasteiger partial charge in [-0.05, 0) is 30.3 Å². The molecule has 0 radical (unpaired) electrons. The van der Waals surface area contributed by atoms with Crippen LogP contribution in [-0.2, 0) is 7.05 Å². The number of amides is 1. The van der Waals surface area contributed by atoms with Gasteiger partial charge in [0.05, 0.1) is 5.56 Å². The van der Waals surface area contributed by atoms with Crippen molar-refractivity contribution >= 4 is 11.6 Å². The lowest BCUT2D eigenvalue weighted by atomic mass is 10.2. The number of aromatic nitrogens is 2. The number of carbonyl (C=O) groups excluding carboxylic acids is 1. The number of nitrogens with one attached hydrogen (secondary N) is 1. The molecule has 0 atom stereocenters. The van der Waals surface area contributed by atoms with E-state index in [0.29, 0.717) is 22.7 Å². The van der Waals surface area contributed by atoms with Crippen LogP contribution in [0.4, 0.5) is 5.69 Å². The molecule has 3 rings (SSSR count). The lowest BCUT2D eigenvalue weighted by Crippen LogP contribution is -2.19. The van der Waals surface area contributed by atoms with Gasteiger partial charge in [0.2, 0.25) is 5.56 Å². The molecule has 6 heteroatoms. The maximum atomic E-state index is 12.3. The summed E-state index contributed by atoms with van der Waals surface area (Å²) in [6.45, 7) is 0. The Bertz CT molecular complexity index is 920. The molecule has 0 fully saturated rings. The lowest BCUT2D eigenvalue weighted by Gasteiger charge is -2.09. The van der Waals surface area contributed by atoms with Crippen LogP contribution in [0.3, 0.4) is 0 Å². The molecule has 2 aromatic heterocycles. The van der Waals surface area contributed by atoms with E-state index < -0.39 is 0 Å². The average Bonchev–Trinajstić information content (AvgIpc) is 2.58. The number of hydrogen-bond acceptors (Lipinski definition) is 4. The first kappa shape index (κ1) is 15.5. The van der Waals surface area contributed by atoms with Crippen LogP contribution < -0.4 is 15.6 Å². The topological polar surface area (TPSA) is 73.2 Å². The fraction of sp³-hybridized carbons (Fsp3) is 0.0556. The highest BCUT2D eigenvalue weighted by Crippen LogP contribution is 2.23. The average molecular weight is 321 g/mol. The molecule has 24 heavy (non-hydrogen) atoms. The third-order valence-corrected chi connectivity index (χ3v) is 3.33. The minimum atomic E-state index is -0.299. The number of benzene rings is 1. The molecule has 0 unspecified atom stereocenters. The predicted molar refractivity (Wildman–Crippen MR) is 90.4 cm³/mol. The maximum absolute atomic E-state index is 12.3. The number of aryl methyl sites for hydroxylation is 1. The number of anilines is 1. The smallest absolute Gasteiger partial charge is 0.257 e. The van der Waals surface area contributed by atoms with Crippen molar-refractivity contribution in [2.75, 3.05) is 5.32 Å². The minimum absolute atomic E-state index is 0.167. The standard InChI is InChI=1S/C18H15N3O3/c1-21-12-13(5-6-17(21)22)18(23)20-14-3-2-4-16(11-14)24-15-7-9-19-10-8-15/h2-12H,1H3,(H,20,23). The van der Waals surface area contributed by atoms with Gasteiger partial charge in [-0.15, -0.1) is 0 Å². The van der Waals surface area contributed by atoms with E-state index >= 15 is 0 Å². The molecule has 0 aliphatic carbocycles. The first-order valence-electron chi connectivity index (χ1n) is 7.28. The number of ether oxygens (including phenoxy) is 1. The third-order valence-electron chi connectivity index (χ3n) is 3.33. The van der Waals surface area contributed by atoms with Crippen molar-refractivity contribution in [2.24, 2.45) is 7.05 Å². The summed E-state index contributed by atoms with van der Waals surface area (Å²) >= 11 is 0. The van der Waals surface area contributed by atoms with Gasteiger partial charge in [-0.25, -0.2) is 0 Å². The molecule has 0 saturated carbocycles. The minimum Gasteiger partial charge on any atom is -0.457 e. The van der Waals surface area contributed by atoms with Crippen LogP contribution in [0.25, 0.3) is 0 Å². The Balaban J connectivity index is 1.75. The molecule has 2 heterocycles. The molecule has 0 spiro atoms. The zero-order valence-corrected chi connectivity index (χ0v) is 13.0. The van der Waals surface area contributed by atoms with E-state index in [2.05, 4.69) is 10.3 Å². The Hall–Kier alpha value is -3.41. The van der Waals surface area contributed by atoms with Crippen LogP contribution >= 0.6 is 0 Å². The highest BCUT2D eigenvalue weighted by Gasteiger charge is 2.08. The van der Waals surface area contributed by atoms with E-state index in [4.69, 9.17) is 4.74 Å². The summed E-state index contributed by atoms with van der Waals surface area (Å²) < 4.78 is 7.06. The molecule has 120 valence electrons. The van der Waals surface area contributed by atoms with Gasteiger partial charge < -0.3 is 14.6 Å². The van der Waals surface area contributed by atoms with Crippen LogP contribution in [0, 0.1) is 0 Å². The highest BCUT2D eigenvalue weighted by atomic mass is 16.5. The van der Waals surface area contributed by atoms with Gasteiger partial charge in [0, 0.05) is 43.5 Å². The fourth-order valence-electron chi connectivity index (χ4n) is 2.11. The van der Waals surface area contributed by atoms with Gasteiger partial charge in [-0.2, -0.15) is 0 Å². The van der Waals surface area contributed by atoms with Crippen LogP contribution in [0.15, 0.2) is 71.9 Å². The molecule has 0 aliphatic rings. The van der Waals surface area contributed by atoms with Crippen molar-refractivity contribution in [3.63, 3.8) is 0 Å². The van der Waals surface area contributed by atoms with E-state index in [0.717, 1.165) is 0 Å². The molecule has 1 amide bonds. The van der Waals surface area contributed by atoms with Crippen LogP contribution in [0.2, 0.25) is 0 Å². The van der Waals surface area contributed by atoms with E-state index in [-0.39, 0.29) is 11.5 Å². The van der Waals surface area contributed by atoms with E-state index in [1.165, 1.54) is 22.9 Å². The number of nitrogens with zero attached hydrogens (tertiary/aromatic N) is 2. The summed E-state index contributed by atoms with van der Waals surface area (Å²) in [4.78, 5) is 27.6. The van der Waals surface area contributed by atoms with E-state index in [1.54, 1.807) is 55.8 Å². The summed E-state index contributed by atoms with van der Waals surface area (Å²) in [5, 5.41) is 2.78. The Morgan fingerprint density at radius 1 is 1.08 bits per heavy atom. The van der Waals surface area contributed by atoms with E-state index in [9.17, 15) is 9.59 Å². The van der Waals surface area contributed by atoms with Gasteiger partial charge in [0.1, 0.15) is 11.5 Å². The Morgan fingerprint density at radius 2 is 1.88 bits per heavy atom. The maximum Gasteiger partial charge on any atom is 0.257 e. The van der Waals surface area contributed by atoms with Crippen LogP contribution in [0.1, 0.15) is 10.4 Å². The highest BCUT2D eigenvalue weighted by molar-refractivity contribution is 6.04. The van der Waals surface area contributed by atoms with Crippen molar-refractivity contribution in [1.29, 1.82) is 0 Å². The number of pyridine rings is 2. The Morgan fingerprint density at radius 3 is 2.62 bits per heavy atom. The lowest BCUT2D eigenvalue weighted by molar-refractivity contribution is 0.102. The second-order valence-electron chi connectivity index (χ2n) is 5.13. The Kier molecular flexibility index (Phi) is 4.38. The third kappa shape index (κ3) is 3.67. The SMILES string of the molecule is Cn1cc(C(=O)Nc2cccc(Oc3ccncc3)c2)ccc1=O. The van der Waals surface area contributed by atoms with Crippen molar-refractivity contribution in [3.8, 4) is 11.5 Å². The molecule has 1 N–H and O–H groups in total. The van der Waals surface area contributed by atoms with Gasteiger partial charge in [0.15, 0.2) is 0 Å². The summed E-state index contributed by atoms with van der Waals surface area (Å²) in [6.07, 6.45) is 4.77. The number of carbonyl (C=O) groups is 1. The first-order valence-corrected chi connectivity index (χ1v) is 7.28. The summed E-state index contributed by atoms with van der Waals surface area (Å²) in [5.74, 6) is 0.956. The van der Waals surface area contributed by atoms with Crippen molar-refractivity contribution in [2.45, 2.75) is 0 Å². The zero-order chi connectivity index (χ0) is 16.9. The van der Waals surface area contributed by atoms with Crippen LogP contribution in [0.5, 0.6) is 11.5 Å². The van der Waals surface area contributed by atoms with Gasteiger partial charge >= 0.3 is 0 Å². The van der Waals surface area contributed by atoms with Crippen LogP contribution in [-0.4, -0.2) is 15.5 Å². The summed E-state index contributed by atoms with van der Waals surface area (Å²) in [7, 11) is 1.60. The molecule has 0 saturated heterocycles. The molecular formula is C18H15N3O3. The molecule has 0 bridgehead atoms. The summed E-state index contributed by atoms with van der Waals surface area (Å²) in [5.41, 5.74) is 0.831. The monoisotopic (exact) mass is 321 g/mol. The number of hydrogen-bond donors (Lipinski definition) is 1. The van der Waals surface area contributed by atoms with Crippen molar-refractivity contribution in [1.82, 2.24) is 9.55 Å². The normalized spacial score (nSPS) is 10.2. The predicted octanol–water partition coefficient (Wildman–Crippen LogP) is 2.82. The molecule has 1 aromatic carbocycles. The molecule has 6 nitrogen and oxygen atoms in total. The van der Waals surface area contributed by atoms with Crippen molar-refractivity contribution < 1.29 is 9.53 Å². The zero-order valence-electron chi connectivity index (χ0n) is 13.0. The molecule has 3 aromatic rings. The van der Waals surface area contributed by atoms with Gasteiger partial charge in [-0.3, -0.25) is 14.6 Å². The largest absolute Gasteiger partial charge is 0.457 e. The second-order valence-corrected chi connectivity index (χ2v) is 5.13. The fourth-order valence-corrected chi connectivity index (χ4v) is 2.11. The van der Waals surface area contributed by atoms with Crippen molar-refractivity contribution in [3.05, 3.63) is 83.0 Å². The van der Waals surface area contributed by atoms with E-state index in [1.807, 2.05) is 0 Å². The Labute approximate surface area is 138 Å². The quantitative estimate of drug-likeness (QED) is 0.802. The number of rotatable bonds is 4.